The molecular weight excluding hydrogens is 291 g/mol. The summed E-state index contributed by atoms with van der Waals surface area (Å²) in [5.41, 5.74) is -0.360. The summed E-state index contributed by atoms with van der Waals surface area (Å²) in [4.78, 5) is 21.9. The van der Waals surface area contributed by atoms with Gasteiger partial charge in [0.1, 0.15) is 5.82 Å². The lowest BCUT2D eigenvalue weighted by atomic mass is 9.89. The van der Waals surface area contributed by atoms with E-state index in [2.05, 4.69) is 5.32 Å². The van der Waals surface area contributed by atoms with Crippen molar-refractivity contribution in [2.45, 2.75) is 32.1 Å². The van der Waals surface area contributed by atoms with Gasteiger partial charge in [0.2, 0.25) is 5.75 Å². The van der Waals surface area contributed by atoms with Crippen LogP contribution in [0.15, 0.2) is 18.2 Å². The fourth-order valence-electron chi connectivity index (χ4n) is 2.60. The maximum absolute atomic E-state index is 13.1. The second kappa shape index (κ2) is 7.72. The average molecular weight is 310 g/mol. The minimum atomic E-state index is -0.672. The number of hydrogen-bond donors (Lipinski definition) is 1. The summed E-state index contributed by atoms with van der Waals surface area (Å²) >= 11 is 0. The van der Waals surface area contributed by atoms with E-state index in [0.717, 1.165) is 31.0 Å². The van der Waals surface area contributed by atoms with Crippen molar-refractivity contribution in [1.29, 1.82) is 0 Å². The van der Waals surface area contributed by atoms with Crippen LogP contribution >= 0.6 is 0 Å². The summed E-state index contributed by atoms with van der Waals surface area (Å²) in [5.74, 6) is -0.758. The van der Waals surface area contributed by atoms with E-state index < -0.39 is 10.7 Å². The summed E-state index contributed by atoms with van der Waals surface area (Å²) in [6, 6.07) is 2.91. The van der Waals surface area contributed by atoms with Crippen LogP contribution in [-0.2, 0) is 4.79 Å². The van der Waals surface area contributed by atoms with Crippen molar-refractivity contribution in [2.24, 2.45) is 5.92 Å². The highest BCUT2D eigenvalue weighted by molar-refractivity contribution is 5.77. The van der Waals surface area contributed by atoms with Crippen LogP contribution in [0.4, 0.5) is 10.1 Å². The zero-order valence-corrected chi connectivity index (χ0v) is 12.2. The number of amides is 1. The number of nitro benzene ring substituents is 1. The van der Waals surface area contributed by atoms with Crippen molar-refractivity contribution < 1.29 is 18.8 Å². The Kier molecular flexibility index (Phi) is 5.68. The molecule has 22 heavy (non-hydrogen) atoms. The molecule has 1 N–H and O–H groups in total. The van der Waals surface area contributed by atoms with E-state index in [9.17, 15) is 19.3 Å². The number of rotatable bonds is 6. The molecule has 0 atom stereocenters. The van der Waals surface area contributed by atoms with Gasteiger partial charge in [-0.15, -0.1) is 0 Å². The number of nitro groups is 1. The zero-order valence-electron chi connectivity index (χ0n) is 12.2. The maximum atomic E-state index is 13.1. The number of carbonyl (C=O) groups excluding carboxylic acids is 1. The summed E-state index contributed by atoms with van der Waals surface area (Å²) in [7, 11) is 0. The van der Waals surface area contributed by atoms with Crippen molar-refractivity contribution in [1.82, 2.24) is 5.32 Å². The molecule has 0 bridgehead atoms. The number of halogens is 1. The van der Waals surface area contributed by atoms with Crippen LogP contribution in [-0.4, -0.2) is 24.0 Å². The van der Waals surface area contributed by atoms with Crippen LogP contribution in [0.2, 0.25) is 0 Å². The van der Waals surface area contributed by atoms with Crippen molar-refractivity contribution in [3.8, 4) is 5.75 Å². The molecule has 7 heteroatoms. The van der Waals surface area contributed by atoms with Gasteiger partial charge in [0.25, 0.3) is 5.91 Å². The van der Waals surface area contributed by atoms with Crippen molar-refractivity contribution in [2.75, 3.05) is 13.2 Å². The highest BCUT2D eigenvalue weighted by Crippen LogP contribution is 2.27. The van der Waals surface area contributed by atoms with Gasteiger partial charge in [0, 0.05) is 18.7 Å². The first kappa shape index (κ1) is 16.2. The largest absolute Gasteiger partial charge is 0.477 e. The minimum Gasteiger partial charge on any atom is -0.477 e. The molecule has 1 aromatic rings. The lowest BCUT2D eigenvalue weighted by Gasteiger charge is -2.21. The highest BCUT2D eigenvalue weighted by atomic mass is 19.1. The summed E-state index contributed by atoms with van der Waals surface area (Å²) in [6.45, 7) is 0.227. The lowest BCUT2D eigenvalue weighted by molar-refractivity contribution is -0.385. The Morgan fingerprint density at radius 1 is 1.36 bits per heavy atom. The monoisotopic (exact) mass is 310 g/mol. The molecule has 0 aromatic heterocycles. The van der Waals surface area contributed by atoms with Crippen LogP contribution < -0.4 is 10.1 Å². The van der Waals surface area contributed by atoms with Gasteiger partial charge < -0.3 is 10.1 Å². The topological polar surface area (TPSA) is 81.5 Å². The van der Waals surface area contributed by atoms with Gasteiger partial charge in [-0.05, 0) is 24.8 Å². The molecule has 0 unspecified atom stereocenters. The van der Waals surface area contributed by atoms with Gasteiger partial charge >= 0.3 is 5.69 Å². The van der Waals surface area contributed by atoms with Crippen LogP contribution in [0, 0.1) is 21.8 Å². The van der Waals surface area contributed by atoms with E-state index in [1.807, 2.05) is 0 Å². The van der Waals surface area contributed by atoms with Crippen molar-refractivity contribution >= 4 is 11.6 Å². The predicted molar refractivity (Wildman–Crippen MR) is 78.1 cm³/mol. The molecule has 1 amide bonds. The van der Waals surface area contributed by atoms with Gasteiger partial charge in [-0.2, -0.15) is 0 Å². The molecule has 0 aliphatic heterocycles. The van der Waals surface area contributed by atoms with E-state index in [4.69, 9.17) is 4.74 Å². The van der Waals surface area contributed by atoms with Gasteiger partial charge in [-0.25, -0.2) is 4.39 Å². The van der Waals surface area contributed by atoms with E-state index in [1.165, 1.54) is 19.3 Å². The Morgan fingerprint density at radius 2 is 2.09 bits per heavy atom. The third-order valence-electron chi connectivity index (χ3n) is 3.79. The molecule has 0 radical (unpaired) electrons. The fraction of sp³-hybridized carbons (Fsp3) is 0.533. The second-order valence-corrected chi connectivity index (χ2v) is 5.47. The van der Waals surface area contributed by atoms with Gasteiger partial charge in [0.15, 0.2) is 6.61 Å². The Hall–Kier alpha value is -2.18. The molecule has 0 spiro atoms. The van der Waals surface area contributed by atoms with Crippen molar-refractivity contribution in [3.63, 3.8) is 0 Å². The first-order valence-corrected chi connectivity index (χ1v) is 7.39. The molecule has 1 saturated carbocycles. The molecule has 0 heterocycles. The normalized spacial score (nSPS) is 15.3. The summed E-state index contributed by atoms with van der Waals surface area (Å²) in [5, 5.41) is 13.6. The van der Waals surface area contributed by atoms with Crippen LogP contribution in [0.3, 0.4) is 0 Å². The second-order valence-electron chi connectivity index (χ2n) is 5.47. The highest BCUT2D eigenvalue weighted by Gasteiger charge is 2.18. The molecule has 6 nitrogen and oxygen atoms in total. The third kappa shape index (κ3) is 4.68. The Morgan fingerprint density at radius 3 is 2.77 bits per heavy atom. The number of benzene rings is 1. The standard InChI is InChI=1S/C15H19FN2O4/c16-12-6-7-13(18(20)21)14(8-12)22-10-15(19)17-9-11-4-2-1-3-5-11/h6-8,11H,1-5,9-10H2,(H,17,19). The number of hydrogen-bond acceptors (Lipinski definition) is 4. The predicted octanol–water partition coefficient (Wildman–Crippen LogP) is 2.81. The summed E-state index contributed by atoms with van der Waals surface area (Å²) in [6.07, 6.45) is 5.84. The first-order chi connectivity index (χ1) is 10.6. The summed E-state index contributed by atoms with van der Waals surface area (Å²) < 4.78 is 18.2. The van der Waals surface area contributed by atoms with Gasteiger partial charge in [0.05, 0.1) is 4.92 Å². The Labute approximate surface area is 127 Å². The fourth-order valence-corrected chi connectivity index (χ4v) is 2.60. The van der Waals surface area contributed by atoms with E-state index in [1.54, 1.807) is 0 Å². The van der Waals surface area contributed by atoms with E-state index in [-0.39, 0.29) is 24.0 Å². The molecule has 1 fully saturated rings. The van der Waals surface area contributed by atoms with Gasteiger partial charge in [-0.3, -0.25) is 14.9 Å². The molecule has 1 aromatic carbocycles. The smallest absolute Gasteiger partial charge is 0.311 e. The van der Waals surface area contributed by atoms with Gasteiger partial charge in [-0.1, -0.05) is 19.3 Å². The van der Waals surface area contributed by atoms with Crippen LogP contribution in [0.5, 0.6) is 5.75 Å². The number of carbonyl (C=O) groups is 1. The van der Waals surface area contributed by atoms with E-state index in [0.29, 0.717) is 12.5 Å². The number of nitrogens with zero attached hydrogens (tertiary/aromatic N) is 1. The lowest BCUT2D eigenvalue weighted by Crippen LogP contribution is -2.33. The van der Waals surface area contributed by atoms with Crippen LogP contribution in [0.1, 0.15) is 32.1 Å². The molecule has 120 valence electrons. The molecule has 2 rings (SSSR count). The Bertz CT molecular complexity index is 544. The maximum Gasteiger partial charge on any atom is 0.311 e. The molecule has 1 aliphatic carbocycles. The number of ether oxygens (including phenoxy) is 1. The average Bonchev–Trinajstić information content (AvgIpc) is 2.51. The Balaban J connectivity index is 1.83. The molecule has 0 saturated heterocycles. The van der Waals surface area contributed by atoms with Crippen molar-refractivity contribution in [3.05, 3.63) is 34.1 Å². The third-order valence-corrected chi connectivity index (χ3v) is 3.79. The minimum absolute atomic E-state index is 0.238. The number of nitrogens with one attached hydrogen (secondary N) is 1. The van der Waals surface area contributed by atoms with Crippen LogP contribution in [0.25, 0.3) is 0 Å². The molecule has 1 aliphatic rings. The quantitative estimate of drug-likeness (QED) is 0.647. The zero-order chi connectivity index (χ0) is 15.9. The van der Waals surface area contributed by atoms with E-state index >= 15 is 0 Å². The SMILES string of the molecule is O=C(COc1cc(F)ccc1[N+](=O)[O-])NCC1CCCCC1. The molecular formula is C15H19FN2O4. The first-order valence-electron chi connectivity index (χ1n) is 7.39.